The van der Waals surface area contributed by atoms with E-state index in [1.54, 1.807) is 18.2 Å². The van der Waals surface area contributed by atoms with Crippen LogP contribution in [0, 0.1) is 5.82 Å². The van der Waals surface area contributed by atoms with E-state index in [-0.39, 0.29) is 11.7 Å². The summed E-state index contributed by atoms with van der Waals surface area (Å²) in [6.45, 7) is 0.656. The zero-order chi connectivity index (χ0) is 14.8. The Morgan fingerprint density at radius 2 is 1.95 bits per heavy atom. The largest absolute Gasteiger partial charge is 0.388 e. The second-order valence-electron chi connectivity index (χ2n) is 5.27. The highest BCUT2D eigenvalue weighted by atomic mass is 19.1. The highest BCUT2D eigenvalue weighted by Crippen LogP contribution is 2.23. The molecular weight excluding hydrogens is 269 g/mol. The molecule has 1 aliphatic rings. The van der Waals surface area contributed by atoms with Gasteiger partial charge in [-0.05, 0) is 41.3 Å². The first-order chi connectivity index (χ1) is 10.1. The van der Waals surface area contributed by atoms with Crippen molar-refractivity contribution in [3.8, 4) is 0 Å². The van der Waals surface area contributed by atoms with Crippen LogP contribution < -0.4 is 5.32 Å². The van der Waals surface area contributed by atoms with Crippen LogP contribution in [0.15, 0.2) is 42.5 Å². The fraction of sp³-hybridized carbons (Fsp3) is 0.235. The summed E-state index contributed by atoms with van der Waals surface area (Å²) in [6, 6.07) is 11.6. The summed E-state index contributed by atoms with van der Waals surface area (Å²) in [5.74, 6) is -0.384. The second kappa shape index (κ2) is 5.66. The van der Waals surface area contributed by atoms with Gasteiger partial charge in [-0.25, -0.2) is 4.39 Å². The molecule has 21 heavy (non-hydrogen) atoms. The SMILES string of the molecule is O=C1NCCc2ccc(C(O)Cc3ccc(F)cc3)cc21. The van der Waals surface area contributed by atoms with Crippen molar-refractivity contribution in [1.29, 1.82) is 0 Å². The number of hydrogen-bond donors (Lipinski definition) is 2. The first-order valence-corrected chi connectivity index (χ1v) is 6.97. The van der Waals surface area contributed by atoms with Gasteiger partial charge in [0.15, 0.2) is 0 Å². The summed E-state index contributed by atoms with van der Waals surface area (Å²) in [4.78, 5) is 11.8. The molecule has 2 aromatic carbocycles. The highest BCUT2D eigenvalue weighted by molar-refractivity contribution is 5.96. The van der Waals surface area contributed by atoms with Crippen LogP contribution >= 0.6 is 0 Å². The third-order valence-electron chi connectivity index (χ3n) is 3.79. The Morgan fingerprint density at radius 1 is 1.19 bits per heavy atom. The molecule has 0 radical (unpaired) electrons. The van der Waals surface area contributed by atoms with Crippen LogP contribution in [0.3, 0.4) is 0 Å². The quantitative estimate of drug-likeness (QED) is 0.909. The van der Waals surface area contributed by atoms with Gasteiger partial charge in [0, 0.05) is 18.5 Å². The molecular formula is C17H16FNO2. The van der Waals surface area contributed by atoms with E-state index in [1.165, 1.54) is 12.1 Å². The van der Waals surface area contributed by atoms with Crippen molar-refractivity contribution in [2.24, 2.45) is 0 Å². The molecule has 1 amide bonds. The van der Waals surface area contributed by atoms with Crippen molar-refractivity contribution in [3.63, 3.8) is 0 Å². The second-order valence-corrected chi connectivity index (χ2v) is 5.27. The lowest BCUT2D eigenvalue weighted by Gasteiger charge is -2.19. The molecule has 108 valence electrons. The van der Waals surface area contributed by atoms with E-state index in [4.69, 9.17) is 0 Å². The molecule has 1 unspecified atom stereocenters. The fourth-order valence-corrected chi connectivity index (χ4v) is 2.60. The van der Waals surface area contributed by atoms with Gasteiger partial charge in [-0.3, -0.25) is 4.79 Å². The summed E-state index contributed by atoms with van der Waals surface area (Å²) < 4.78 is 12.9. The molecule has 3 nitrogen and oxygen atoms in total. The maximum absolute atomic E-state index is 12.9. The Labute approximate surface area is 122 Å². The van der Waals surface area contributed by atoms with Crippen LogP contribution in [0.5, 0.6) is 0 Å². The number of carbonyl (C=O) groups excluding carboxylic acids is 1. The van der Waals surface area contributed by atoms with Crippen LogP contribution in [0.2, 0.25) is 0 Å². The lowest BCUT2D eigenvalue weighted by molar-refractivity contribution is 0.0945. The molecule has 0 aromatic heterocycles. The summed E-state index contributed by atoms with van der Waals surface area (Å²) >= 11 is 0. The fourth-order valence-electron chi connectivity index (χ4n) is 2.60. The Balaban J connectivity index is 1.81. The number of nitrogens with one attached hydrogen (secondary N) is 1. The van der Waals surface area contributed by atoms with E-state index in [2.05, 4.69) is 5.32 Å². The van der Waals surface area contributed by atoms with Crippen molar-refractivity contribution in [1.82, 2.24) is 5.32 Å². The molecule has 1 atom stereocenters. The van der Waals surface area contributed by atoms with Crippen molar-refractivity contribution >= 4 is 5.91 Å². The molecule has 2 aromatic rings. The lowest BCUT2D eigenvalue weighted by atomic mass is 9.94. The van der Waals surface area contributed by atoms with E-state index in [0.717, 1.165) is 17.5 Å². The van der Waals surface area contributed by atoms with Crippen LogP contribution in [0.25, 0.3) is 0 Å². The van der Waals surface area contributed by atoms with E-state index >= 15 is 0 Å². The van der Waals surface area contributed by atoms with Crippen molar-refractivity contribution in [3.05, 3.63) is 70.5 Å². The maximum Gasteiger partial charge on any atom is 0.251 e. The number of carbonyl (C=O) groups is 1. The number of amides is 1. The van der Waals surface area contributed by atoms with Gasteiger partial charge in [-0.1, -0.05) is 24.3 Å². The zero-order valence-electron chi connectivity index (χ0n) is 11.5. The molecule has 1 aliphatic heterocycles. The van der Waals surface area contributed by atoms with E-state index in [0.29, 0.717) is 24.1 Å². The van der Waals surface area contributed by atoms with Gasteiger partial charge < -0.3 is 10.4 Å². The van der Waals surface area contributed by atoms with Crippen LogP contribution in [-0.4, -0.2) is 17.6 Å². The number of halogens is 1. The van der Waals surface area contributed by atoms with E-state index < -0.39 is 6.10 Å². The standard InChI is InChI=1S/C17H16FNO2/c18-14-5-1-11(2-6-14)9-16(20)13-4-3-12-7-8-19-17(21)15(12)10-13/h1-6,10,16,20H,7-9H2,(H,19,21). The minimum atomic E-state index is -0.713. The summed E-state index contributed by atoms with van der Waals surface area (Å²) in [7, 11) is 0. The van der Waals surface area contributed by atoms with Gasteiger partial charge in [0.2, 0.25) is 0 Å². The highest BCUT2D eigenvalue weighted by Gasteiger charge is 2.18. The average Bonchev–Trinajstić information content (AvgIpc) is 2.50. The Bertz CT molecular complexity index is 667. The number of rotatable bonds is 3. The van der Waals surface area contributed by atoms with Gasteiger partial charge in [-0.15, -0.1) is 0 Å². The maximum atomic E-state index is 12.9. The van der Waals surface area contributed by atoms with E-state index in [1.807, 2.05) is 12.1 Å². The number of hydrogen-bond acceptors (Lipinski definition) is 2. The van der Waals surface area contributed by atoms with Gasteiger partial charge in [0.05, 0.1) is 6.10 Å². The molecule has 4 heteroatoms. The van der Waals surface area contributed by atoms with Crippen LogP contribution in [-0.2, 0) is 12.8 Å². The molecule has 2 N–H and O–H groups in total. The van der Waals surface area contributed by atoms with Crippen molar-refractivity contribution < 1.29 is 14.3 Å². The Morgan fingerprint density at radius 3 is 2.71 bits per heavy atom. The molecule has 3 rings (SSSR count). The molecule has 1 heterocycles. The number of aliphatic hydroxyl groups excluding tert-OH is 1. The van der Waals surface area contributed by atoms with Crippen molar-refractivity contribution in [2.45, 2.75) is 18.9 Å². The van der Waals surface area contributed by atoms with Crippen molar-refractivity contribution in [2.75, 3.05) is 6.54 Å². The predicted molar refractivity (Wildman–Crippen MR) is 77.5 cm³/mol. The minimum Gasteiger partial charge on any atom is -0.388 e. The van der Waals surface area contributed by atoms with Gasteiger partial charge >= 0.3 is 0 Å². The predicted octanol–water partition coefficient (Wildman–Crippen LogP) is 2.39. The number of aliphatic hydroxyl groups is 1. The summed E-state index contributed by atoms with van der Waals surface area (Å²) in [6.07, 6.45) is 0.492. The zero-order valence-corrected chi connectivity index (χ0v) is 11.5. The third kappa shape index (κ3) is 2.95. The topological polar surface area (TPSA) is 49.3 Å². The smallest absolute Gasteiger partial charge is 0.251 e. The third-order valence-corrected chi connectivity index (χ3v) is 3.79. The molecule has 0 saturated heterocycles. The van der Waals surface area contributed by atoms with E-state index in [9.17, 15) is 14.3 Å². The first kappa shape index (κ1) is 13.8. The first-order valence-electron chi connectivity index (χ1n) is 6.97. The normalized spacial score (nSPS) is 15.2. The average molecular weight is 285 g/mol. The Hall–Kier alpha value is -2.20. The summed E-state index contributed by atoms with van der Waals surface area (Å²) in [5.41, 5.74) is 3.20. The molecule has 0 aliphatic carbocycles. The lowest BCUT2D eigenvalue weighted by Crippen LogP contribution is -2.31. The number of fused-ring (bicyclic) bond motifs is 1. The molecule has 0 saturated carbocycles. The molecule has 0 bridgehead atoms. The molecule has 0 fully saturated rings. The van der Waals surface area contributed by atoms with Crippen LogP contribution in [0.4, 0.5) is 4.39 Å². The van der Waals surface area contributed by atoms with Gasteiger partial charge in [-0.2, -0.15) is 0 Å². The molecule has 0 spiro atoms. The minimum absolute atomic E-state index is 0.0907. The Kier molecular flexibility index (Phi) is 3.71. The summed E-state index contributed by atoms with van der Waals surface area (Å²) in [5, 5.41) is 13.1. The number of benzene rings is 2. The van der Waals surface area contributed by atoms with Crippen LogP contribution in [0.1, 0.15) is 33.2 Å². The van der Waals surface area contributed by atoms with Gasteiger partial charge in [0.1, 0.15) is 5.82 Å². The van der Waals surface area contributed by atoms with Gasteiger partial charge in [0.25, 0.3) is 5.91 Å². The monoisotopic (exact) mass is 285 g/mol.